The number of carboxylic acid groups (broad SMARTS) is 1. The lowest BCUT2D eigenvalue weighted by Gasteiger charge is -2.31. The van der Waals surface area contributed by atoms with E-state index in [-0.39, 0.29) is 5.92 Å². The van der Waals surface area contributed by atoms with Gasteiger partial charge in [-0.15, -0.1) is 0 Å². The van der Waals surface area contributed by atoms with E-state index in [4.69, 9.17) is 5.10 Å². The minimum Gasteiger partial charge on any atom is -0.478 e. The average molecular weight is 374 g/mol. The summed E-state index contributed by atoms with van der Waals surface area (Å²) in [5.41, 5.74) is 10.7. The number of allylic oxidation sites excluding steroid dienone is 1. The largest absolute Gasteiger partial charge is 0.478 e. The smallest absolute Gasteiger partial charge is 0.335 e. The lowest BCUT2D eigenvalue weighted by atomic mass is 9.78. The number of nitrogens with zero attached hydrogens (tertiary/aromatic N) is 1. The van der Waals surface area contributed by atoms with Gasteiger partial charge in [0.05, 0.1) is 17.0 Å². The summed E-state index contributed by atoms with van der Waals surface area (Å²) >= 11 is 0. The summed E-state index contributed by atoms with van der Waals surface area (Å²) in [7, 11) is 0. The Balaban J connectivity index is 1.72. The van der Waals surface area contributed by atoms with Gasteiger partial charge in [-0.1, -0.05) is 61.2 Å². The summed E-state index contributed by atoms with van der Waals surface area (Å²) in [5, 5.41) is 13.9. The predicted molar refractivity (Wildman–Crippen MR) is 112 cm³/mol. The summed E-state index contributed by atoms with van der Waals surface area (Å²) in [5.74, 6) is -0.614. The Hall–Kier alpha value is -2.88. The minimum absolute atomic E-state index is 0.286. The highest BCUT2D eigenvalue weighted by Crippen LogP contribution is 2.37. The van der Waals surface area contributed by atoms with Gasteiger partial charge in [-0.3, -0.25) is 5.43 Å². The van der Waals surface area contributed by atoms with Gasteiger partial charge in [0.15, 0.2) is 0 Å². The van der Waals surface area contributed by atoms with Crippen LogP contribution in [0.1, 0.15) is 65.6 Å². The van der Waals surface area contributed by atoms with Gasteiger partial charge in [0.2, 0.25) is 0 Å². The Morgan fingerprint density at radius 3 is 2.36 bits per heavy atom. The second kappa shape index (κ2) is 8.01. The van der Waals surface area contributed by atoms with E-state index in [0.717, 1.165) is 29.8 Å². The highest BCUT2D eigenvalue weighted by atomic mass is 16.4. The van der Waals surface area contributed by atoms with Gasteiger partial charge in [-0.05, 0) is 55.0 Å². The molecule has 2 aliphatic rings. The monoisotopic (exact) mass is 374 g/mol. The average Bonchev–Trinajstić information content (AvgIpc) is 2.68. The van der Waals surface area contributed by atoms with Crippen LogP contribution in [0.15, 0.2) is 59.2 Å². The van der Waals surface area contributed by atoms with Crippen LogP contribution >= 0.6 is 0 Å². The first-order valence-corrected chi connectivity index (χ1v) is 10.1. The second-order valence-electron chi connectivity index (χ2n) is 7.76. The zero-order valence-electron chi connectivity index (χ0n) is 16.2. The molecule has 144 valence electrons. The number of carboxylic acids is 1. The van der Waals surface area contributed by atoms with Crippen LogP contribution in [0.25, 0.3) is 5.70 Å². The molecule has 1 atom stereocenters. The van der Waals surface area contributed by atoms with E-state index in [1.807, 2.05) is 12.1 Å². The first-order chi connectivity index (χ1) is 13.6. The maximum absolute atomic E-state index is 11.2. The highest BCUT2D eigenvalue weighted by molar-refractivity contribution is 6.06. The molecule has 1 aliphatic carbocycles. The van der Waals surface area contributed by atoms with Crippen LogP contribution in [0.3, 0.4) is 0 Å². The highest BCUT2D eigenvalue weighted by Gasteiger charge is 2.29. The van der Waals surface area contributed by atoms with Crippen LogP contribution in [0, 0.1) is 12.8 Å². The number of hydrogen-bond donors (Lipinski definition) is 2. The van der Waals surface area contributed by atoms with Crippen LogP contribution in [0.5, 0.6) is 0 Å². The first-order valence-electron chi connectivity index (χ1n) is 10.1. The molecule has 1 unspecified atom stereocenters. The number of hydrazone groups is 1. The van der Waals surface area contributed by atoms with Gasteiger partial charge >= 0.3 is 5.97 Å². The molecule has 1 fully saturated rings. The van der Waals surface area contributed by atoms with Crippen molar-refractivity contribution in [1.29, 1.82) is 0 Å². The number of aromatic carboxylic acids is 1. The summed E-state index contributed by atoms with van der Waals surface area (Å²) < 4.78 is 0. The first kappa shape index (κ1) is 18.5. The molecule has 0 radical (unpaired) electrons. The number of aryl methyl sites for hydroxylation is 1. The van der Waals surface area contributed by atoms with Crippen molar-refractivity contribution < 1.29 is 9.90 Å². The third-order valence-corrected chi connectivity index (χ3v) is 5.82. The Morgan fingerprint density at radius 1 is 0.964 bits per heavy atom. The summed E-state index contributed by atoms with van der Waals surface area (Å²) in [6, 6.07) is 15.7. The Bertz CT molecular complexity index is 924. The van der Waals surface area contributed by atoms with Crippen molar-refractivity contribution in [3.05, 3.63) is 76.4 Å². The number of benzene rings is 2. The number of nitrogens with one attached hydrogen (secondary N) is 1. The van der Waals surface area contributed by atoms with Gasteiger partial charge in [0, 0.05) is 5.92 Å². The van der Waals surface area contributed by atoms with Crippen molar-refractivity contribution in [3.63, 3.8) is 0 Å². The van der Waals surface area contributed by atoms with Crippen LogP contribution in [0.2, 0.25) is 0 Å². The van der Waals surface area contributed by atoms with E-state index in [1.54, 1.807) is 12.1 Å². The number of hydrogen-bond acceptors (Lipinski definition) is 3. The van der Waals surface area contributed by atoms with Gasteiger partial charge in [0.1, 0.15) is 0 Å². The molecule has 0 saturated heterocycles. The molecule has 1 saturated carbocycles. The third kappa shape index (κ3) is 3.72. The van der Waals surface area contributed by atoms with E-state index in [9.17, 15) is 9.90 Å². The molecule has 28 heavy (non-hydrogen) atoms. The topological polar surface area (TPSA) is 61.7 Å². The molecule has 2 aromatic carbocycles. The normalized spacial score (nSPS) is 19.8. The quantitative estimate of drug-likeness (QED) is 0.758. The SMILES string of the molecule is Cc1ccc(C2=C3CCCCCCC3C(c3ccc(C(=O)O)cc3)=NN2)cc1. The fraction of sp³-hybridized carbons (Fsp3) is 0.333. The summed E-state index contributed by atoms with van der Waals surface area (Å²) in [6.07, 6.45) is 7.11. The van der Waals surface area contributed by atoms with Crippen LogP contribution in [-0.2, 0) is 0 Å². The van der Waals surface area contributed by atoms with Crippen molar-refractivity contribution >= 4 is 17.4 Å². The van der Waals surface area contributed by atoms with Crippen molar-refractivity contribution in [2.45, 2.75) is 45.4 Å². The van der Waals surface area contributed by atoms with Crippen LogP contribution in [0.4, 0.5) is 0 Å². The molecule has 0 bridgehead atoms. The Kier molecular flexibility index (Phi) is 5.29. The van der Waals surface area contributed by atoms with Gasteiger partial charge in [0.25, 0.3) is 0 Å². The molecule has 2 N–H and O–H groups in total. The Morgan fingerprint density at radius 2 is 1.64 bits per heavy atom. The Labute approximate surface area is 166 Å². The van der Waals surface area contributed by atoms with E-state index in [2.05, 4.69) is 36.6 Å². The molecule has 0 aromatic heterocycles. The van der Waals surface area contributed by atoms with Gasteiger partial charge in [-0.25, -0.2) is 4.79 Å². The third-order valence-electron chi connectivity index (χ3n) is 5.82. The molecule has 0 spiro atoms. The van der Waals surface area contributed by atoms with Gasteiger partial charge in [-0.2, -0.15) is 5.10 Å². The fourth-order valence-corrected chi connectivity index (χ4v) is 4.25. The minimum atomic E-state index is -0.900. The second-order valence-corrected chi connectivity index (χ2v) is 7.76. The number of rotatable bonds is 3. The summed E-state index contributed by atoms with van der Waals surface area (Å²) in [4.78, 5) is 11.2. The molecule has 1 aliphatic heterocycles. The van der Waals surface area contributed by atoms with Crippen LogP contribution in [-0.4, -0.2) is 16.8 Å². The fourth-order valence-electron chi connectivity index (χ4n) is 4.25. The lowest BCUT2D eigenvalue weighted by molar-refractivity contribution is 0.0697. The van der Waals surface area contributed by atoms with Gasteiger partial charge < -0.3 is 5.11 Å². The van der Waals surface area contributed by atoms with Crippen molar-refractivity contribution in [2.24, 2.45) is 11.0 Å². The molecule has 2 aromatic rings. The molecular formula is C24H26N2O2. The van der Waals surface area contributed by atoms with E-state index >= 15 is 0 Å². The zero-order valence-corrected chi connectivity index (χ0v) is 16.2. The van der Waals surface area contributed by atoms with Crippen molar-refractivity contribution in [3.8, 4) is 0 Å². The molecular weight excluding hydrogens is 348 g/mol. The number of carbonyl (C=O) groups is 1. The van der Waals surface area contributed by atoms with E-state index in [0.29, 0.717) is 5.56 Å². The summed E-state index contributed by atoms with van der Waals surface area (Å²) in [6.45, 7) is 2.10. The maximum Gasteiger partial charge on any atom is 0.335 e. The standard InChI is InChI=1S/C24H26N2O2/c1-16-8-10-17(11-9-16)22-20-6-4-2-3-5-7-21(20)23(26-25-22)18-12-14-19(15-13-18)24(27)28/h8-15,21,25H,2-7H2,1H3,(H,27,28). The zero-order chi connectivity index (χ0) is 19.5. The van der Waals surface area contributed by atoms with Crippen molar-refractivity contribution in [1.82, 2.24) is 5.43 Å². The maximum atomic E-state index is 11.2. The lowest BCUT2D eigenvalue weighted by Crippen LogP contribution is -2.29. The predicted octanol–water partition coefficient (Wildman–Crippen LogP) is 5.38. The molecule has 4 nitrogen and oxygen atoms in total. The molecule has 1 heterocycles. The van der Waals surface area contributed by atoms with Crippen LogP contribution < -0.4 is 5.43 Å². The molecule has 4 rings (SSSR count). The molecule has 4 heteroatoms. The molecule has 0 amide bonds. The number of fused-ring (bicyclic) bond motifs is 1. The van der Waals surface area contributed by atoms with E-state index < -0.39 is 5.97 Å². The van der Waals surface area contributed by atoms with E-state index in [1.165, 1.54) is 42.4 Å². The van der Waals surface area contributed by atoms with Crippen molar-refractivity contribution in [2.75, 3.05) is 0 Å².